The number of fused-ring (bicyclic) bond motifs is 1. The van der Waals surface area contributed by atoms with Gasteiger partial charge < -0.3 is 0 Å². The van der Waals surface area contributed by atoms with Crippen molar-refractivity contribution in [1.29, 1.82) is 5.26 Å². The maximum absolute atomic E-state index is 14.0. The van der Waals surface area contributed by atoms with Crippen LogP contribution < -0.4 is 0 Å². The molecule has 0 saturated carbocycles. The second-order valence-electron chi connectivity index (χ2n) is 5.49. The minimum Gasteiger partial charge on any atom is -0.293 e. The Kier molecular flexibility index (Phi) is 4.12. The molecule has 3 rings (SSSR count). The largest absolute Gasteiger partial charge is 0.293 e. The van der Waals surface area contributed by atoms with Crippen LogP contribution in [0.1, 0.15) is 35.1 Å². The molecular formula is C17H17FN4. The predicted molar refractivity (Wildman–Crippen MR) is 80.3 cm³/mol. The first kappa shape index (κ1) is 14.6. The van der Waals surface area contributed by atoms with Crippen molar-refractivity contribution >= 4 is 0 Å². The van der Waals surface area contributed by atoms with Crippen LogP contribution in [0.2, 0.25) is 0 Å². The van der Waals surface area contributed by atoms with E-state index in [-0.39, 0.29) is 5.82 Å². The number of aryl methyl sites for hydroxylation is 1. The van der Waals surface area contributed by atoms with E-state index >= 15 is 0 Å². The van der Waals surface area contributed by atoms with E-state index in [0.717, 1.165) is 30.9 Å². The molecule has 5 heteroatoms. The van der Waals surface area contributed by atoms with Crippen molar-refractivity contribution in [3.8, 4) is 6.07 Å². The third-order valence-electron chi connectivity index (χ3n) is 3.97. The fourth-order valence-corrected chi connectivity index (χ4v) is 2.69. The summed E-state index contributed by atoms with van der Waals surface area (Å²) >= 11 is 0. The summed E-state index contributed by atoms with van der Waals surface area (Å²) in [5.74, 6) is 0.534. The zero-order valence-electron chi connectivity index (χ0n) is 12.5. The molecule has 1 aliphatic heterocycles. The summed E-state index contributed by atoms with van der Waals surface area (Å²) in [6.07, 6.45) is 3.62. The molecule has 0 spiro atoms. The summed E-state index contributed by atoms with van der Waals surface area (Å²) in [6.45, 7) is 4.14. The number of benzene rings is 1. The highest BCUT2D eigenvalue weighted by Crippen LogP contribution is 2.20. The minimum atomic E-state index is -0.318. The van der Waals surface area contributed by atoms with Crippen LogP contribution in [0.3, 0.4) is 0 Å². The quantitative estimate of drug-likeness (QED) is 0.873. The zero-order valence-corrected chi connectivity index (χ0v) is 12.5. The third-order valence-corrected chi connectivity index (χ3v) is 3.97. The Hall–Kier alpha value is -2.32. The van der Waals surface area contributed by atoms with Crippen LogP contribution in [0.5, 0.6) is 0 Å². The maximum atomic E-state index is 14.0. The maximum Gasteiger partial charge on any atom is 0.129 e. The monoisotopic (exact) mass is 296 g/mol. The van der Waals surface area contributed by atoms with E-state index in [4.69, 9.17) is 5.26 Å². The van der Waals surface area contributed by atoms with Gasteiger partial charge in [-0.1, -0.05) is 13.0 Å². The van der Waals surface area contributed by atoms with E-state index < -0.39 is 0 Å². The van der Waals surface area contributed by atoms with E-state index in [9.17, 15) is 4.39 Å². The van der Waals surface area contributed by atoms with Crippen molar-refractivity contribution in [1.82, 2.24) is 14.9 Å². The van der Waals surface area contributed by atoms with Crippen LogP contribution >= 0.6 is 0 Å². The van der Waals surface area contributed by atoms with E-state index in [1.807, 2.05) is 19.2 Å². The van der Waals surface area contributed by atoms with Crippen LogP contribution in [0, 0.1) is 17.1 Å². The zero-order chi connectivity index (χ0) is 15.5. The molecule has 1 aromatic carbocycles. The lowest BCUT2D eigenvalue weighted by atomic mass is 10.1. The summed E-state index contributed by atoms with van der Waals surface area (Å²) in [5.41, 5.74) is 3.21. The number of rotatable bonds is 3. The van der Waals surface area contributed by atoms with Crippen molar-refractivity contribution in [3.05, 3.63) is 58.4 Å². The van der Waals surface area contributed by atoms with Crippen LogP contribution in [0.15, 0.2) is 24.4 Å². The summed E-state index contributed by atoms with van der Waals surface area (Å²) in [7, 11) is 0. The lowest BCUT2D eigenvalue weighted by molar-refractivity contribution is 0.237. The predicted octanol–water partition coefficient (Wildman–Crippen LogP) is 2.61. The molecule has 0 bridgehead atoms. The highest BCUT2D eigenvalue weighted by molar-refractivity contribution is 5.33. The van der Waals surface area contributed by atoms with Gasteiger partial charge in [0.2, 0.25) is 0 Å². The van der Waals surface area contributed by atoms with Gasteiger partial charge in [0.15, 0.2) is 0 Å². The molecule has 0 N–H and O–H groups in total. The third kappa shape index (κ3) is 2.97. The van der Waals surface area contributed by atoms with E-state index in [2.05, 4.69) is 14.9 Å². The summed E-state index contributed by atoms with van der Waals surface area (Å²) in [6, 6.07) is 6.61. The number of hydrogen-bond donors (Lipinski definition) is 0. The Balaban J connectivity index is 1.76. The summed E-state index contributed by atoms with van der Waals surface area (Å²) in [4.78, 5) is 11.1. The van der Waals surface area contributed by atoms with Crippen molar-refractivity contribution < 1.29 is 4.39 Å². The number of hydrogen-bond acceptors (Lipinski definition) is 4. The Labute approximate surface area is 129 Å². The SMILES string of the molecule is CCc1ncc2c(n1)CN(Cc1ccc(C#N)cc1F)CC2. The number of halogens is 1. The lowest BCUT2D eigenvalue weighted by Gasteiger charge is -2.28. The number of aromatic nitrogens is 2. The Morgan fingerprint density at radius 1 is 1.41 bits per heavy atom. The molecule has 1 aliphatic rings. The second-order valence-corrected chi connectivity index (χ2v) is 5.49. The van der Waals surface area contributed by atoms with E-state index in [0.29, 0.717) is 24.2 Å². The number of nitriles is 1. The van der Waals surface area contributed by atoms with Crippen LogP contribution in [0.25, 0.3) is 0 Å². The summed E-state index contributed by atoms with van der Waals surface area (Å²) in [5, 5.41) is 8.79. The van der Waals surface area contributed by atoms with Gasteiger partial charge in [0.25, 0.3) is 0 Å². The lowest BCUT2D eigenvalue weighted by Crippen LogP contribution is -2.31. The molecule has 22 heavy (non-hydrogen) atoms. The average Bonchev–Trinajstić information content (AvgIpc) is 2.56. The van der Waals surface area contributed by atoms with Gasteiger partial charge >= 0.3 is 0 Å². The molecule has 112 valence electrons. The fourth-order valence-electron chi connectivity index (χ4n) is 2.69. The molecule has 0 atom stereocenters. The van der Waals surface area contributed by atoms with Crippen molar-refractivity contribution in [2.45, 2.75) is 32.9 Å². The minimum absolute atomic E-state index is 0.318. The molecule has 0 radical (unpaired) electrons. The Morgan fingerprint density at radius 3 is 3.00 bits per heavy atom. The standard InChI is InChI=1S/C17H17FN4/c1-2-17-20-9-13-5-6-22(11-16(13)21-17)10-14-4-3-12(8-19)7-15(14)18/h3-4,7,9H,2,5-6,10-11H2,1H3. The van der Waals surface area contributed by atoms with Gasteiger partial charge in [0, 0.05) is 37.8 Å². The fraction of sp³-hybridized carbons (Fsp3) is 0.353. The van der Waals surface area contributed by atoms with Gasteiger partial charge in [-0.3, -0.25) is 4.90 Å². The van der Waals surface area contributed by atoms with Gasteiger partial charge in [0.1, 0.15) is 11.6 Å². The molecule has 0 fully saturated rings. The molecule has 2 aromatic rings. The van der Waals surface area contributed by atoms with Gasteiger partial charge in [-0.05, 0) is 24.1 Å². The molecular weight excluding hydrogens is 279 g/mol. The summed E-state index contributed by atoms with van der Waals surface area (Å²) < 4.78 is 14.0. The van der Waals surface area contributed by atoms with Crippen LogP contribution in [-0.4, -0.2) is 21.4 Å². The van der Waals surface area contributed by atoms with Crippen molar-refractivity contribution in [3.63, 3.8) is 0 Å². The second kappa shape index (κ2) is 6.20. The normalized spacial score (nSPS) is 14.4. The first-order chi connectivity index (χ1) is 10.7. The Morgan fingerprint density at radius 2 is 2.27 bits per heavy atom. The van der Waals surface area contributed by atoms with Gasteiger partial charge in [-0.25, -0.2) is 14.4 Å². The highest BCUT2D eigenvalue weighted by atomic mass is 19.1. The van der Waals surface area contributed by atoms with E-state index in [1.165, 1.54) is 11.6 Å². The molecule has 0 amide bonds. The molecule has 0 unspecified atom stereocenters. The topological polar surface area (TPSA) is 52.8 Å². The first-order valence-electron chi connectivity index (χ1n) is 7.44. The van der Waals surface area contributed by atoms with Crippen molar-refractivity contribution in [2.24, 2.45) is 0 Å². The van der Waals surface area contributed by atoms with Gasteiger partial charge in [-0.15, -0.1) is 0 Å². The smallest absolute Gasteiger partial charge is 0.129 e. The van der Waals surface area contributed by atoms with Gasteiger partial charge in [-0.2, -0.15) is 5.26 Å². The highest BCUT2D eigenvalue weighted by Gasteiger charge is 2.19. The van der Waals surface area contributed by atoms with Crippen LogP contribution in [-0.2, 0) is 25.9 Å². The van der Waals surface area contributed by atoms with Gasteiger partial charge in [0.05, 0.1) is 17.3 Å². The van der Waals surface area contributed by atoms with Crippen molar-refractivity contribution in [2.75, 3.05) is 6.54 Å². The molecule has 1 aromatic heterocycles. The molecule has 0 saturated heterocycles. The molecule has 0 aliphatic carbocycles. The average molecular weight is 296 g/mol. The van der Waals surface area contributed by atoms with E-state index in [1.54, 1.807) is 12.1 Å². The number of nitrogens with zero attached hydrogens (tertiary/aromatic N) is 4. The first-order valence-corrected chi connectivity index (χ1v) is 7.44. The molecule has 4 nitrogen and oxygen atoms in total. The molecule has 2 heterocycles. The Bertz CT molecular complexity index is 736. The van der Waals surface area contributed by atoms with Crippen LogP contribution in [0.4, 0.5) is 4.39 Å².